The molecule has 2 rings (SSSR count). The Bertz CT molecular complexity index is 298. The summed E-state index contributed by atoms with van der Waals surface area (Å²) in [5.41, 5.74) is -0.240. The summed E-state index contributed by atoms with van der Waals surface area (Å²) < 4.78 is 5.27. The van der Waals surface area contributed by atoms with E-state index in [2.05, 4.69) is 15.2 Å². The van der Waals surface area contributed by atoms with E-state index in [4.69, 9.17) is 4.74 Å². The maximum absolute atomic E-state index is 10.7. The predicted molar refractivity (Wildman–Crippen MR) is 42.0 cm³/mol. The van der Waals surface area contributed by atoms with Crippen LogP contribution in [0.1, 0.15) is 24.6 Å². The van der Waals surface area contributed by atoms with Crippen LogP contribution in [0.25, 0.3) is 0 Å². The second-order valence-corrected chi connectivity index (χ2v) is 2.98. The summed E-state index contributed by atoms with van der Waals surface area (Å²) in [4.78, 5) is 13.4. The van der Waals surface area contributed by atoms with Crippen LogP contribution in [-0.2, 0) is 4.74 Å². The Morgan fingerprint density at radius 3 is 3.08 bits per heavy atom. The second-order valence-electron chi connectivity index (χ2n) is 2.98. The van der Waals surface area contributed by atoms with Crippen LogP contribution >= 0.6 is 0 Å². The number of rotatable bonds is 1. The summed E-state index contributed by atoms with van der Waals surface area (Å²) in [6.07, 6.45) is 2.08. The standard InChI is InChI=1S/C7H11N3O2/c11-7-8-6(9-10-7)5-2-1-3-12-4-5/h5H,1-4H2,(H2,8,9,10,11). The van der Waals surface area contributed by atoms with Gasteiger partial charge in [0.05, 0.1) is 6.61 Å². The summed E-state index contributed by atoms with van der Waals surface area (Å²) in [6, 6.07) is 0. The molecule has 1 aromatic rings. The molecule has 2 N–H and O–H groups in total. The molecule has 0 spiro atoms. The van der Waals surface area contributed by atoms with Crippen LogP contribution in [0.5, 0.6) is 0 Å². The molecule has 1 fully saturated rings. The average molecular weight is 169 g/mol. The van der Waals surface area contributed by atoms with Crippen LogP contribution in [0, 0.1) is 0 Å². The summed E-state index contributed by atoms with van der Waals surface area (Å²) in [7, 11) is 0. The Morgan fingerprint density at radius 2 is 2.50 bits per heavy atom. The van der Waals surface area contributed by atoms with Gasteiger partial charge in [-0.05, 0) is 12.8 Å². The van der Waals surface area contributed by atoms with Crippen LogP contribution in [-0.4, -0.2) is 28.4 Å². The summed E-state index contributed by atoms with van der Waals surface area (Å²) >= 11 is 0. The van der Waals surface area contributed by atoms with Gasteiger partial charge in [-0.15, -0.1) is 0 Å². The van der Waals surface area contributed by atoms with E-state index >= 15 is 0 Å². The van der Waals surface area contributed by atoms with Crippen molar-refractivity contribution in [3.8, 4) is 0 Å². The first-order valence-corrected chi connectivity index (χ1v) is 4.08. The lowest BCUT2D eigenvalue weighted by atomic mass is 10.0. The fourth-order valence-corrected chi connectivity index (χ4v) is 1.43. The Balaban J connectivity index is 2.13. The predicted octanol–water partition coefficient (Wildman–Crippen LogP) is -0.00800. The molecule has 1 aliphatic rings. The summed E-state index contributed by atoms with van der Waals surface area (Å²) in [5.74, 6) is 0.984. The fraction of sp³-hybridized carbons (Fsp3) is 0.714. The van der Waals surface area contributed by atoms with Crippen LogP contribution in [0.15, 0.2) is 4.79 Å². The highest BCUT2D eigenvalue weighted by Crippen LogP contribution is 2.20. The molecule has 2 heterocycles. The van der Waals surface area contributed by atoms with Gasteiger partial charge in [0.1, 0.15) is 5.82 Å². The van der Waals surface area contributed by atoms with E-state index in [0.29, 0.717) is 6.61 Å². The van der Waals surface area contributed by atoms with Gasteiger partial charge in [0.15, 0.2) is 0 Å². The lowest BCUT2D eigenvalue weighted by Gasteiger charge is -2.19. The number of H-pyrrole nitrogens is 2. The molecular weight excluding hydrogens is 158 g/mol. The van der Waals surface area contributed by atoms with Gasteiger partial charge in [-0.1, -0.05) is 0 Å². The van der Waals surface area contributed by atoms with Gasteiger partial charge in [0, 0.05) is 12.5 Å². The van der Waals surface area contributed by atoms with Crippen molar-refractivity contribution < 1.29 is 4.74 Å². The largest absolute Gasteiger partial charge is 0.381 e. The molecule has 1 atom stereocenters. The second kappa shape index (κ2) is 3.10. The van der Waals surface area contributed by atoms with Gasteiger partial charge in [-0.2, -0.15) is 5.10 Å². The minimum absolute atomic E-state index is 0.240. The number of nitrogens with one attached hydrogen (secondary N) is 2. The molecule has 0 saturated carbocycles. The smallest absolute Gasteiger partial charge is 0.340 e. The molecule has 0 aromatic carbocycles. The zero-order chi connectivity index (χ0) is 8.39. The zero-order valence-electron chi connectivity index (χ0n) is 6.67. The number of ether oxygens (including phenoxy) is 1. The van der Waals surface area contributed by atoms with Gasteiger partial charge < -0.3 is 4.74 Å². The summed E-state index contributed by atoms with van der Waals surface area (Å²) in [6.45, 7) is 1.49. The monoisotopic (exact) mass is 169 g/mol. The Morgan fingerprint density at radius 1 is 1.58 bits per heavy atom. The van der Waals surface area contributed by atoms with E-state index in [0.717, 1.165) is 25.3 Å². The van der Waals surface area contributed by atoms with Gasteiger partial charge >= 0.3 is 5.69 Å². The molecule has 1 unspecified atom stereocenters. The van der Waals surface area contributed by atoms with Crippen molar-refractivity contribution in [3.05, 3.63) is 16.3 Å². The van der Waals surface area contributed by atoms with Crippen molar-refractivity contribution in [2.24, 2.45) is 0 Å². The molecule has 66 valence electrons. The van der Waals surface area contributed by atoms with Crippen molar-refractivity contribution in [2.75, 3.05) is 13.2 Å². The van der Waals surface area contributed by atoms with Crippen molar-refractivity contribution in [2.45, 2.75) is 18.8 Å². The van der Waals surface area contributed by atoms with Crippen LogP contribution in [0.4, 0.5) is 0 Å². The summed E-state index contributed by atoms with van der Waals surface area (Å²) in [5, 5.41) is 6.22. The van der Waals surface area contributed by atoms with Crippen LogP contribution in [0.3, 0.4) is 0 Å². The topological polar surface area (TPSA) is 70.8 Å². The van der Waals surface area contributed by atoms with E-state index in [9.17, 15) is 4.79 Å². The fourth-order valence-electron chi connectivity index (χ4n) is 1.43. The quantitative estimate of drug-likeness (QED) is 0.621. The lowest BCUT2D eigenvalue weighted by Crippen LogP contribution is -2.17. The Kier molecular flexibility index (Phi) is 1.95. The lowest BCUT2D eigenvalue weighted by molar-refractivity contribution is 0.0781. The molecule has 1 aliphatic heterocycles. The first kappa shape index (κ1) is 7.54. The number of hydrogen-bond acceptors (Lipinski definition) is 3. The maximum Gasteiger partial charge on any atom is 0.340 e. The van der Waals surface area contributed by atoms with Crippen LogP contribution in [0.2, 0.25) is 0 Å². The minimum atomic E-state index is -0.240. The third-order valence-electron chi connectivity index (χ3n) is 2.07. The third kappa shape index (κ3) is 1.40. The number of hydrogen-bond donors (Lipinski definition) is 2. The van der Waals surface area contributed by atoms with Gasteiger partial charge in [-0.3, -0.25) is 4.98 Å². The number of nitrogens with zero attached hydrogens (tertiary/aromatic N) is 1. The molecule has 0 amide bonds. The molecule has 0 radical (unpaired) electrons. The van der Waals surface area contributed by atoms with E-state index in [1.807, 2.05) is 0 Å². The molecule has 1 saturated heterocycles. The van der Waals surface area contributed by atoms with E-state index < -0.39 is 0 Å². The third-order valence-corrected chi connectivity index (χ3v) is 2.07. The van der Waals surface area contributed by atoms with Gasteiger partial charge in [-0.25, -0.2) is 9.89 Å². The number of aromatic nitrogens is 3. The van der Waals surface area contributed by atoms with Crippen molar-refractivity contribution in [1.29, 1.82) is 0 Å². The van der Waals surface area contributed by atoms with E-state index in [1.165, 1.54) is 0 Å². The van der Waals surface area contributed by atoms with Crippen LogP contribution < -0.4 is 5.69 Å². The van der Waals surface area contributed by atoms with E-state index in [1.54, 1.807) is 0 Å². The highest BCUT2D eigenvalue weighted by atomic mass is 16.5. The molecular formula is C7H11N3O2. The SMILES string of the molecule is O=c1[nH]nc(C2CCCOC2)[nH]1. The Labute approximate surface area is 69.1 Å². The average Bonchev–Trinajstić information content (AvgIpc) is 2.54. The Hall–Kier alpha value is -1.10. The van der Waals surface area contributed by atoms with Crippen molar-refractivity contribution >= 4 is 0 Å². The molecule has 5 nitrogen and oxygen atoms in total. The van der Waals surface area contributed by atoms with E-state index in [-0.39, 0.29) is 11.6 Å². The van der Waals surface area contributed by atoms with Gasteiger partial charge in [0.2, 0.25) is 0 Å². The molecule has 1 aromatic heterocycles. The molecule has 5 heteroatoms. The first-order valence-electron chi connectivity index (χ1n) is 4.08. The molecule has 0 bridgehead atoms. The highest BCUT2D eigenvalue weighted by Gasteiger charge is 2.18. The minimum Gasteiger partial charge on any atom is -0.381 e. The molecule has 0 aliphatic carbocycles. The highest BCUT2D eigenvalue weighted by molar-refractivity contribution is 4.94. The number of aromatic amines is 2. The normalized spacial score (nSPS) is 24.2. The maximum atomic E-state index is 10.7. The van der Waals surface area contributed by atoms with Crippen molar-refractivity contribution in [3.63, 3.8) is 0 Å². The molecule has 12 heavy (non-hydrogen) atoms. The first-order chi connectivity index (χ1) is 5.86. The zero-order valence-corrected chi connectivity index (χ0v) is 6.67. The van der Waals surface area contributed by atoms with Crippen molar-refractivity contribution in [1.82, 2.24) is 15.2 Å². The van der Waals surface area contributed by atoms with Gasteiger partial charge in [0.25, 0.3) is 0 Å².